The predicted octanol–water partition coefficient (Wildman–Crippen LogP) is 2.20. The highest BCUT2D eigenvalue weighted by Gasteiger charge is 2.12. The second-order valence-corrected chi connectivity index (χ2v) is 6.54. The molecule has 0 aliphatic heterocycles. The van der Waals surface area contributed by atoms with Crippen LogP contribution in [0.1, 0.15) is 65.2 Å². The first-order valence-electron chi connectivity index (χ1n) is 9.51. The number of hydrogen-bond acceptors (Lipinski definition) is 3. The molecule has 0 aromatic rings. The van der Waals surface area contributed by atoms with Crippen LogP contribution in [0.4, 0.5) is 0 Å². The lowest BCUT2D eigenvalue weighted by molar-refractivity contribution is -0.121. The van der Waals surface area contributed by atoms with Gasteiger partial charge in [0.1, 0.15) is 0 Å². The standard InChI is InChI=1S/C18H36N4O2/c1-4-15(2)22-17(23)11-12-20-18(19-3)21-13-14-24-16-9-7-5-6-8-10-16/h15-16H,4-14H2,1-3H3,(H,22,23)(H2,19,20,21). The number of ether oxygens (including phenoxy) is 1. The van der Waals surface area contributed by atoms with Gasteiger partial charge in [0.15, 0.2) is 5.96 Å². The van der Waals surface area contributed by atoms with Crippen molar-refractivity contribution in [3.8, 4) is 0 Å². The second kappa shape index (κ2) is 13.0. The SMILES string of the molecule is CCC(C)NC(=O)CCNC(=NC)NCCOC1CCCCCC1. The van der Waals surface area contributed by atoms with E-state index >= 15 is 0 Å². The zero-order valence-electron chi connectivity index (χ0n) is 15.7. The van der Waals surface area contributed by atoms with E-state index < -0.39 is 0 Å². The van der Waals surface area contributed by atoms with Crippen LogP contribution < -0.4 is 16.0 Å². The fourth-order valence-corrected chi connectivity index (χ4v) is 2.77. The summed E-state index contributed by atoms with van der Waals surface area (Å²) in [6.07, 6.45) is 9.48. The van der Waals surface area contributed by atoms with Gasteiger partial charge in [-0.2, -0.15) is 0 Å². The zero-order valence-corrected chi connectivity index (χ0v) is 15.7. The number of amides is 1. The molecule has 6 heteroatoms. The Morgan fingerprint density at radius 1 is 1.17 bits per heavy atom. The van der Waals surface area contributed by atoms with Crippen molar-refractivity contribution < 1.29 is 9.53 Å². The number of rotatable bonds is 9. The predicted molar refractivity (Wildman–Crippen MR) is 99.3 cm³/mol. The molecule has 1 rings (SSSR count). The largest absolute Gasteiger partial charge is 0.376 e. The van der Waals surface area contributed by atoms with Crippen LogP contribution in [0, 0.1) is 0 Å². The Morgan fingerprint density at radius 3 is 2.46 bits per heavy atom. The summed E-state index contributed by atoms with van der Waals surface area (Å²) in [5, 5.41) is 9.35. The molecule has 1 saturated carbocycles. The Bertz CT molecular complexity index is 366. The van der Waals surface area contributed by atoms with Gasteiger partial charge in [0.05, 0.1) is 12.7 Å². The van der Waals surface area contributed by atoms with Gasteiger partial charge in [0.2, 0.25) is 5.91 Å². The van der Waals surface area contributed by atoms with Crippen LogP contribution in [0.5, 0.6) is 0 Å². The Hall–Kier alpha value is -1.30. The highest BCUT2D eigenvalue weighted by atomic mass is 16.5. The fraction of sp³-hybridized carbons (Fsp3) is 0.889. The number of nitrogens with zero attached hydrogens (tertiary/aromatic N) is 1. The van der Waals surface area contributed by atoms with Gasteiger partial charge in [-0.15, -0.1) is 0 Å². The number of aliphatic imine (C=N–C) groups is 1. The lowest BCUT2D eigenvalue weighted by atomic mass is 10.1. The summed E-state index contributed by atoms with van der Waals surface area (Å²) < 4.78 is 5.95. The molecule has 0 aromatic heterocycles. The van der Waals surface area contributed by atoms with E-state index in [1.807, 2.05) is 6.92 Å². The molecular formula is C18H36N4O2. The molecule has 1 atom stereocenters. The third-order valence-corrected chi connectivity index (χ3v) is 4.44. The quantitative estimate of drug-likeness (QED) is 0.260. The number of guanidine groups is 1. The minimum absolute atomic E-state index is 0.0731. The highest BCUT2D eigenvalue weighted by Crippen LogP contribution is 2.19. The maximum atomic E-state index is 11.7. The number of hydrogen-bond donors (Lipinski definition) is 3. The summed E-state index contributed by atoms with van der Waals surface area (Å²) in [6, 6.07) is 0.232. The minimum Gasteiger partial charge on any atom is -0.376 e. The molecule has 1 amide bonds. The van der Waals surface area contributed by atoms with E-state index in [4.69, 9.17) is 4.74 Å². The van der Waals surface area contributed by atoms with Crippen molar-refractivity contribution >= 4 is 11.9 Å². The minimum atomic E-state index is 0.0731. The van der Waals surface area contributed by atoms with E-state index in [0.29, 0.717) is 25.7 Å². The van der Waals surface area contributed by atoms with Crippen LogP contribution in [0.3, 0.4) is 0 Å². The summed E-state index contributed by atoms with van der Waals surface area (Å²) in [4.78, 5) is 15.9. The smallest absolute Gasteiger partial charge is 0.221 e. The van der Waals surface area contributed by atoms with Gasteiger partial charge in [-0.1, -0.05) is 32.6 Å². The molecule has 3 N–H and O–H groups in total. The Balaban J connectivity index is 2.08. The third-order valence-electron chi connectivity index (χ3n) is 4.44. The molecule has 6 nitrogen and oxygen atoms in total. The van der Waals surface area contributed by atoms with Gasteiger partial charge in [0.25, 0.3) is 0 Å². The van der Waals surface area contributed by atoms with Crippen molar-refractivity contribution in [3.05, 3.63) is 0 Å². The number of carbonyl (C=O) groups is 1. The van der Waals surface area contributed by atoms with E-state index in [1.54, 1.807) is 7.05 Å². The first-order valence-corrected chi connectivity index (χ1v) is 9.51. The topological polar surface area (TPSA) is 74.8 Å². The third kappa shape index (κ3) is 9.75. The first-order chi connectivity index (χ1) is 11.7. The van der Waals surface area contributed by atoms with E-state index in [0.717, 1.165) is 18.9 Å². The Kier molecular flexibility index (Phi) is 11.3. The average Bonchev–Trinajstić information content (AvgIpc) is 2.85. The molecule has 0 radical (unpaired) electrons. The molecule has 1 fully saturated rings. The zero-order chi connectivity index (χ0) is 17.6. The van der Waals surface area contributed by atoms with Crippen LogP contribution in [0.2, 0.25) is 0 Å². The van der Waals surface area contributed by atoms with Crippen molar-refractivity contribution in [2.24, 2.45) is 4.99 Å². The van der Waals surface area contributed by atoms with Gasteiger partial charge in [-0.3, -0.25) is 9.79 Å². The van der Waals surface area contributed by atoms with Crippen LogP contribution in [0.25, 0.3) is 0 Å². The van der Waals surface area contributed by atoms with E-state index in [2.05, 4.69) is 27.9 Å². The Labute approximate surface area is 147 Å². The molecule has 0 spiro atoms. The fourth-order valence-electron chi connectivity index (χ4n) is 2.77. The van der Waals surface area contributed by atoms with Gasteiger partial charge >= 0.3 is 0 Å². The van der Waals surface area contributed by atoms with Crippen molar-refractivity contribution in [3.63, 3.8) is 0 Å². The number of nitrogens with one attached hydrogen (secondary N) is 3. The van der Waals surface area contributed by atoms with Crippen LogP contribution in [-0.4, -0.2) is 50.8 Å². The normalized spacial score (nSPS) is 17.9. The van der Waals surface area contributed by atoms with E-state index in [1.165, 1.54) is 38.5 Å². The molecule has 0 saturated heterocycles. The molecule has 1 unspecified atom stereocenters. The maximum Gasteiger partial charge on any atom is 0.221 e. The van der Waals surface area contributed by atoms with Gasteiger partial charge < -0.3 is 20.7 Å². The summed E-state index contributed by atoms with van der Waals surface area (Å²) in [5.41, 5.74) is 0. The second-order valence-electron chi connectivity index (χ2n) is 6.54. The average molecular weight is 341 g/mol. The van der Waals surface area contributed by atoms with Crippen molar-refractivity contribution in [2.75, 3.05) is 26.7 Å². The summed E-state index contributed by atoms with van der Waals surface area (Å²) in [7, 11) is 1.74. The molecule has 0 aromatic carbocycles. The lowest BCUT2D eigenvalue weighted by Gasteiger charge is -2.17. The van der Waals surface area contributed by atoms with Gasteiger partial charge in [-0.05, 0) is 26.2 Å². The van der Waals surface area contributed by atoms with E-state index in [-0.39, 0.29) is 11.9 Å². The molecule has 1 aliphatic rings. The van der Waals surface area contributed by atoms with Gasteiger partial charge in [-0.25, -0.2) is 0 Å². The molecule has 140 valence electrons. The molecule has 1 aliphatic carbocycles. The molecule has 0 heterocycles. The van der Waals surface area contributed by atoms with E-state index in [9.17, 15) is 4.79 Å². The van der Waals surface area contributed by atoms with Crippen molar-refractivity contribution in [2.45, 2.75) is 77.4 Å². The Morgan fingerprint density at radius 2 is 1.83 bits per heavy atom. The first kappa shape index (κ1) is 20.7. The number of carbonyl (C=O) groups excluding carboxylic acids is 1. The van der Waals surface area contributed by atoms with Crippen molar-refractivity contribution in [1.82, 2.24) is 16.0 Å². The molecule has 24 heavy (non-hydrogen) atoms. The summed E-state index contributed by atoms with van der Waals surface area (Å²) in [6.45, 7) is 6.08. The highest BCUT2D eigenvalue weighted by molar-refractivity contribution is 5.81. The molecule has 0 bridgehead atoms. The maximum absolute atomic E-state index is 11.7. The lowest BCUT2D eigenvalue weighted by Crippen LogP contribution is -2.41. The monoisotopic (exact) mass is 340 g/mol. The van der Waals surface area contributed by atoms with Crippen LogP contribution >= 0.6 is 0 Å². The van der Waals surface area contributed by atoms with Crippen LogP contribution in [-0.2, 0) is 9.53 Å². The van der Waals surface area contributed by atoms with Crippen molar-refractivity contribution in [1.29, 1.82) is 0 Å². The molecular weight excluding hydrogens is 304 g/mol. The summed E-state index contributed by atoms with van der Waals surface area (Å²) in [5.74, 6) is 0.791. The van der Waals surface area contributed by atoms with Gasteiger partial charge in [0, 0.05) is 32.6 Å². The van der Waals surface area contributed by atoms with Crippen LogP contribution in [0.15, 0.2) is 4.99 Å². The summed E-state index contributed by atoms with van der Waals surface area (Å²) >= 11 is 0.